The Balaban J connectivity index is 0.00000416. The highest BCUT2D eigenvalue weighted by molar-refractivity contribution is 7.19. The van der Waals surface area contributed by atoms with Crippen LogP contribution in [0.4, 0.5) is 52.7 Å². The number of quaternary nitrogens is 1. The quantitative estimate of drug-likeness (QED) is 0.0257. The largest absolute Gasteiger partial charge is 0.389 e. The lowest BCUT2D eigenvalue weighted by atomic mass is 9.13. The molecular formula is C67H98BF12N. The summed E-state index contributed by atoms with van der Waals surface area (Å²) in [5.74, 6) is 0. The van der Waals surface area contributed by atoms with Crippen LogP contribution in [0.3, 0.4) is 0 Å². The van der Waals surface area contributed by atoms with Crippen molar-refractivity contribution in [2.45, 2.75) is 256 Å². The summed E-state index contributed by atoms with van der Waals surface area (Å²) in [4.78, 5) is 1.42. The minimum absolute atomic E-state index is 0.188. The van der Waals surface area contributed by atoms with E-state index in [0.717, 1.165) is 154 Å². The van der Waals surface area contributed by atoms with Gasteiger partial charge in [-0.1, -0.05) is 225 Å². The maximum Gasteiger partial charge on any atom is 0.389 e. The number of halogens is 12. The zero-order chi connectivity index (χ0) is 59.5. The molecular weight excluding hydrogens is 1060 g/mol. The molecule has 0 fully saturated rings. The van der Waals surface area contributed by atoms with Crippen molar-refractivity contribution in [2.24, 2.45) is 0 Å². The van der Waals surface area contributed by atoms with Crippen LogP contribution < -0.4 is 26.8 Å². The van der Waals surface area contributed by atoms with Gasteiger partial charge >= 0.3 is 24.7 Å². The Kier molecular flexibility index (Phi) is 34.2. The van der Waals surface area contributed by atoms with Gasteiger partial charge in [-0.15, -0.1) is 0 Å². The molecule has 0 aliphatic carbocycles. The van der Waals surface area contributed by atoms with Crippen LogP contribution in [-0.2, 0) is 25.7 Å². The van der Waals surface area contributed by atoms with Crippen molar-refractivity contribution in [1.29, 1.82) is 0 Å². The number of benzene rings is 4. The molecule has 0 radical (unpaired) electrons. The van der Waals surface area contributed by atoms with Crippen molar-refractivity contribution in [1.82, 2.24) is 0 Å². The average molecular weight is 1160 g/mol. The summed E-state index contributed by atoms with van der Waals surface area (Å²) in [6.07, 6.45) is 4.84. The van der Waals surface area contributed by atoms with E-state index in [9.17, 15) is 52.7 Å². The predicted molar refractivity (Wildman–Crippen MR) is 316 cm³/mol. The van der Waals surface area contributed by atoms with Gasteiger partial charge in [-0.3, -0.25) is 0 Å². The van der Waals surface area contributed by atoms with E-state index >= 15 is 0 Å². The fourth-order valence-corrected chi connectivity index (χ4v) is 11.2. The van der Waals surface area contributed by atoms with E-state index in [1.54, 1.807) is 0 Å². The molecule has 1 N–H and O–H groups in total. The Labute approximate surface area is 480 Å². The fourth-order valence-electron chi connectivity index (χ4n) is 11.2. The molecule has 0 saturated heterocycles. The Hall–Kier alpha value is -3.94. The van der Waals surface area contributed by atoms with Gasteiger partial charge in [-0.2, -0.15) is 74.5 Å². The molecule has 4 rings (SSSR count). The summed E-state index contributed by atoms with van der Waals surface area (Å²) < 4.78 is 151. The predicted octanol–water partition coefficient (Wildman–Crippen LogP) is 18.7. The number of hydrogen-bond acceptors (Lipinski definition) is 0. The summed E-state index contributed by atoms with van der Waals surface area (Å²) in [6, 6.07) is 36.1. The minimum atomic E-state index is -4.09. The highest BCUT2D eigenvalue weighted by atomic mass is 19.4. The maximum absolute atomic E-state index is 12.6. The lowest BCUT2D eigenvalue weighted by molar-refractivity contribution is -0.836. The molecule has 0 saturated carbocycles. The van der Waals surface area contributed by atoms with Gasteiger partial charge in [0, 0.05) is 25.7 Å². The normalized spacial score (nSPS) is 12.5. The van der Waals surface area contributed by atoms with E-state index in [1.165, 1.54) is 49.0 Å². The van der Waals surface area contributed by atoms with Gasteiger partial charge in [0.05, 0.1) is 21.1 Å². The highest BCUT2D eigenvalue weighted by Crippen LogP contribution is 2.27. The second-order valence-corrected chi connectivity index (χ2v) is 23.7. The molecule has 0 aliphatic heterocycles. The number of rotatable bonds is 40. The Morgan fingerprint density at radius 3 is 0.519 bits per heavy atom. The van der Waals surface area contributed by atoms with Crippen molar-refractivity contribution >= 4 is 28.0 Å². The molecule has 0 heterocycles. The number of aryl methyl sites for hydroxylation is 4. The van der Waals surface area contributed by atoms with E-state index < -0.39 is 56.5 Å². The van der Waals surface area contributed by atoms with Gasteiger partial charge in [-0.25, -0.2) is 0 Å². The van der Waals surface area contributed by atoms with Gasteiger partial charge in [0.2, 0.25) is 0 Å². The van der Waals surface area contributed by atoms with Crippen LogP contribution in [-0.4, -0.2) is 52.0 Å². The number of unbranched alkanes of at least 4 members (excludes halogenated alkanes) is 24. The van der Waals surface area contributed by atoms with Crippen LogP contribution in [0.15, 0.2) is 97.1 Å². The lowest BCUT2D eigenvalue weighted by Gasteiger charge is -2.44. The summed E-state index contributed by atoms with van der Waals surface area (Å²) in [6.45, 7) is 0. The van der Waals surface area contributed by atoms with Crippen LogP contribution in [0, 0.1) is 0 Å². The molecule has 4 aromatic rings. The van der Waals surface area contributed by atoms with Crippen molar-refractivity contribution < 1.29 is 57.6 Å². The number of hydrogen-bond donors (Lipinski definition) is 1. The third-order valence-corrected chi connectivity index (χ3v) is 15.6. The Morgan fingerprint density at radius 1 is 0.235 bits per heavy atom. The molecule has 0 bridgehead atoms. The molecule has 1 nitrogen and oxygen atoms in total. The maximum atomic E-state index is 12.6. The summed E-state index contributed by atoms with van der Waals surface area (Å²) in [5, 5.41) is 0. The topological polar surface area (TPSA) is 4.44 Å². The molecule has 458 valence electrons. The smallest absolute Gasteiger partial charge is 0.342 e. The summed E-state index contributed by atoms with van der Waals surface area (Å²) in [5.41, 5.74) is 9.65. The van der Waals surface area contributed by atoms with Gasteiger partial charge in [0.25, 0.3) is 0 Å². The van der Waals surface area contributed by atoms with E-state index in [2.05, 4.69) is 118 Å². The zero-order valence-corrected chi connectivity index (χ0v) is 49.3. The van der Waals surface area contributed by atoms with Crippen molar-refractivity contribution in [2.75, 3.05) is 21.1 Å². The van der Waals surface area contributed by atoms with E-state index in [-0.39, 0.29) is 25.7 Å². The van der Waals surface area contributed by atoms with Crippen molar-refractivity contribution in [3.05, 3.63) is 119 Å². The van der Waals surface area contributed by atoms with Gasteiger partial charge < -0.3 is 4.90 Å². The SMILES string of the molecule is C[NH+](C)C.FC(F)(F)CCCCCCCCCc1ccc([B-](c2ccc(CCCCCCCCCC(F)(F)F)cc2)(c2ccc(CCCCCCCCCC(F)(F)F)cc2)c2ccc(CCCCCCCCCC(F)(F)F)cc2)cc1. The molecule has 0 amide bonds. The molecule has 0 aromatic heterocycles. The first-order valence-electron chi connectivity index (χ1n) is 31.0. The molecule has 14 heteroatoms. The lowest BCUT2D eigenvalue weighted by Crippen LogP contribution is -3.02. The van der Waals surface area contributed by atoms with Crippen LogP contribution >= 0.6 is 0 Å². The standard InChI is InChI=1S/C64H88BF12.C3H9N/c66-61(67,68)49-25-17-9-1-5-13-21-29-53-33-41-57(42-34-53)65(58-43-35-54(36-44-58)30-22-14-6-2-10-18-26-50-62(69,70)71,59-45-37-55(38-46-59)31-23-15-7-3-11-19-27-51-63(72,73)74)60-47-39-56(40-48-60)32-24-16-8-4-12-20-28-52-64(75,76)77;1-4(2)3/h33-48H,1-32,49-52H2;1-3H3/q-1;/p+1. The number of alkyl halides is 12. The monoisotopic (exact) mass is 1160 g/mol. The average Bonchev–Trinajstić information content (AvgIpc) is 3.57. The Bertz CT molecular complexity index is 1850. The van der Waals surface area contributed by atoms with E-state index in [1.807, 2.05) is 0 Å². The first-order chi connectivity index (χ1) is 38.5. The molecule has 0 atom stereocenters. The third-order valence-electron chi connectivity index (χ3n) is 15.6. The van der Waals surface area contributed by atoms with E-state index in [4.69, 9.17) is 0 Å². The Morgan fingerprint density at radius 2 is 0.370 bits per heavy atom. The molecule has 0 aliphatic rings. The van der Waals surface area contributed by atoms with Crippen LogP contribution in [0.5, 0.6) is 0 Å². The minimum Gasteiger partial charge on any atom is -0.342 e. The van der Waals surface area contributed by atoms with Crippen molar-refractivity contribution in [3.8, 4) is 0 Å². The van der Waals surface area contributed by atoms with Crippen molar-refractivity contribution in [3.63, 3.8) is 0 Å². The first kappa shape index (κ1) is 71.3. The second kappa shape index (κ2) is 38.8. The first-order valence-corrected chi connectivity index (χ1v) is 31.0. The molecule has 0 unspecified atom stereocenters. The summed E-state index contributed by atoms with van der Waals surface area (Å²) >= 11 is 0. The fraction of sp³-hybridized carbons (Fsp3) is 0.642. The van der Waals surface area contributed by atoms with Crippen LogP contribution in [0.1, 0.15) is 228 Å². The van der Waals surface area contributed by atoms with Gasteiger partial charge in [-0.05, 0) is 99.3 Å². The molecule has 81 heavy (non-hydrogen) atoms. The molecule has 4 aromatic carbocycles. The third kappa shape index (κ3) is 33.2. The van der Waals surface area contributed by atoms with Gasteiger partial charge in [0.1, 0.15) is 6.15 Å². The zero-order valence-electron chi connectivity index (χ0n) is 49.3. The van der Waals surface area contributed by atoms with Crippen LogP contribution in [0.2, 0.25) is 0 Å². The van der Waals surface area contributed by atoms with E-state index in [0.29, 0.717) is 25.7 Å². The number of nitrogens with one attached hydrogen (secondary N) is 1. The molecule has 0 spiro atoms. The highest BCUT2D eigenvalue weighted by Gasteiger charge is 2.33. The van der Waals surface area contributed by atoms with Crippen LogP contribution in [0.25, 0.3) is 0 Å². The second-order valence-electron chi connectivity index (χ2n) is 23.7. The van der Waals surface area contributed by atoms with Gasteiger partial charge in [0.15, 0.2) is 0 Å². The summed E-state index contributed by atoms with van der Waals surface area (Å²) in [7, 11) is 6.25.